The summed E-state index contributed by atoms with van der Waals surface area (Å²) in [6.45, 7) is 4.09. The molecule has 0 fully saturated rings. The molecule has 2 aromatic rings. The molecule has 0 amide bonds. The summed E-state index contributed by atoms with van der Waals surface area (Å²) in [5.41, 5.74) is 1.24. The van der Waals surface area contributed by atoms with E-state index in [0.717, 1.165) is 0 Å². The molecule has 2 heterocycles. The van der Waals surface area contributed by atoms with Crippen LogP contribution >= 0.6 is 0 Å². The molecule has 0 aliphatic carbocycles. The third kappa shape index (κ3) is 2.98. The van der Waals surface area contributed by atoms with E-state index in [1.165, 1.54) is 13.4 Å². The van der Waals surface area contributed by atoms with Crippen molar-refractivity contribution in [1.29, 1.82) is 0 Å². The molecule has 1 atom stereocenters. The number of anilines is 1. The molecule has 7 nitrogen and oxygen atoms in total. The molecule has 2 aromatic heterocycles. The number of nitrogens with one attached hydrogen (secondary N) is 2. The minimum Gasteiger partial charge on any atom is -0.467 e. The van der Waals surface area contributed by atoms with Gasteiger partial charge in [0.25, 0.3) is 0 Å². The van der Waals surface area contributed by atoms with Gasteiger partial charge in [-0.3, -0.25) is 0 Å². The van der Waals surface area contributed by atoms with Crippen LogP contribution in [0.15, 0.2) is 12.7 Å². The zero-order valence-corrected chi connectivity index (χ0v) is 11.2. The molecule has 0 saturated heterocycles. The summed E-state index contributed by atoms with van der Waals surface area (Å²) in [5.74, 6) is 0.606. The summed E-state index contributed by atoms with van der Waals surface area (Å²) in [6.07, 6.45) is 3.61. The molecule has 0 radical (unpaired) electrons. The monoisotopic (exact) mass is 263 g/mol. The van der Waals surface area contributed by atoms with Gasteiger partial charge in [0, 0.05) is 0 Å². The van der Waals surface area contributed by atoms with Crippen LogP contribution in [0.2, 0.25) is 0 Å². The Kier molecular flexibility index (Phi) is 3.94. The van der Waals surface area contributed by atoms with E-state index in [9.17, 15) is 4.79 Å². The lowest BCUT2D eigenvalue weighted by molar-refractivity contribution is -0.141. The van der Waals surface area contributed by atoms with E-state index in [-0.39, 0.29) is 5.97 Å². The summed E-state index contributed by atoms with van der Waals surface area (Å²) in [4.78, 5) is 26.9. The first kappa shape index (κ1) is 13.3. The van der Waals surface area contributed by atoms with Crippen LogP contribution in [0.1, 0.15) is 20.3 Å². The van der Waals surface area contributed by atoms with Crippen LogP contribution in [0.25, 0.3) is 11.2 Å². The topological polar surface area (TPSA) is 92.8 Å². The van der Waals surface area contributed by atoms with Crippen molar-refractivity contribution in [3.05, 3.63) is 12.7 Å². The highest BCUT2D eigenvalue weighted by atomic mass is 16.5. The van der Waals surface area contributed by atoms with E-state index in [0.29, 0.717) is 29.3 Å². The molecule has 2 N–H and O–H groups in total. The molecule has 102 valence electrons. The molecule has 0 bridgehead atoms. The Labute approximate surface area is 110 Å². The van der Waals surface area contributed by atoms with E-state index < -0.39 is 6.04 Å². The predicted octanol–water partition coefficient (Wildman–Crippen LogP) is 1.35. The fourth-order valence-electron chi connectivity index (χ4n) is 1.87. The van der Waals surface area contributed by atoms with E-state index in [1.54, 1.807) is 6.33 Å². The van der Waals surface area contributed by atoms with Gasteiger partial charge in [0.1, 0.15) is 17.9 Å². The van der Waals surface area contributed by atoms with Crippen LogP contribution in [-0.4, -0.2) is 39.1 Å². The van der Waals surface area contributed by atoms with Gasteiger partial charge in [-0.2, -0.15) is 0 Å². The molecule has 0 saturated carbocycles. The zero-order valence-electron chi connectivity index (χ0n) is 11.2. The molecule has 0 aliphatic rings. The number of fused-ring (bicyclic) bond motifs is 1. The lowest BCUT2D eigenvalue weighted by atomic mass is 10.0. The Morgan fingerprint density at radius 1 is 1.42 bits per heavy atom. The zero-order chi connectivity index (χ0) is 13.8. The highest BCUT2D eigenvalue weighted by molar-refractivity contribution is 5.86. The number of carbonyl (C=O) groups is 1. The van der Waals surface area contributed by atoms with Crippen LogP contribution in [0, 0.1) is 5.92 Å². The summed E-state index contributed by atoms with van der Waals surface area (Å²) in [7, 11) is 1.38. The second kappa shape index (κ2) is 5.64. The average Bonchev–Trinajstić information content (AvgIpc) is 2.85. The molecule has 19 heavy (non-hydrogen) atoms. The second-order valence-corrected chi connectivity index (χ2v) is 4.67. The van der Waals surface area contributed by atoms with Gasteiger partial charge in [-0.1, -0.05) is 13.8 Å². The minimum absolute atomic E-state index is 0.306. The minimum atomic E-state index is -0.439. The van der Waals surface area contributed by atoms with Crippen molar-refractivity contribution in [2.75, 3.05) is 12.4 Å². The van der Waals surface area contributed by atoms with Gasteiger partial charge in [0.15, 0.2) is 11.5 Å². The third-order valence-corrected chi connectivity index (χ3v) is 2.73. The van der Waals surface area contributed by atoms with Crippen LogP contribution in [0.5, 0.6) is 0 Å². The number of hydrogen-bond acceptors (Lipinski definition) is 6. The number of aromatic amines is 1. The maximum absolute atomic E-state index is 11.8. The molecule has 0 aromatic carbocycles. The number of aromatic nitrogens is 4. The summed E-state index contributed by atoms with van der Waals surface area (Å²) < 4.78 is 4.81. The maximum Gasteiger partial charge on any atom is 0.328 e. The first-order valence-electron chi connectivity index (χ1n) is 6.10. The lowest BCUT2D eigenvalue weighted by Gasteiger charge is -2.18. The largest absolute Gasteiger partial charge is 0.467 e. The van der Waals surface area contributed by atoms with E-state index >= 15 is 0 Å². The van der Waals surface area contributed by atoms with Crippen LogP contribution < -0.4 is 5.32 Å². The van der Waals surface area contributed by atoms with Gasteiger partial charge < -0.3 is 15.0 Å². The van der Waals surface area contributed by atoms with Crippen molar-refractivity contribution < 1.29 is 9.53 Å². The quantitative estimate of drug-likeness (QED) is 0.791. The highest BCUT2D eigenvalue weighted by Crippen LogP contribution is 2.18. The van der Waals surface area contributed by atoms with E-state index in [4.69, 9.17) is 4.74 Å². The third-order valence-electron chi connectivity index (χ3n) is 2.73. The molecule has 1 unspecified atom stereocenters. The number of nitrogens with zero attached hydrogens (tertiary/aromatic N) is 3. The van der Waals surface area contributed by atoms with E-state index in [1.807, 2.05) is 13.8 Å². The number of methoxy groups -OCH3 is 1. The van der Waals surface area contributed by atoms with Crippen molar-refractivity contribution in [1.82, 2.24) is 19.9 Å². The number of ether oxygens (including phenoxy) is 1. The van der Waals surface area contributed by atoms with Gasteiger partial charge in [0.05, 0.1) is 13.4 Å². The number of esters is 1. The van der Waals surface area contributed by atoms with Crippen LogP contribution in [0.3, 0.4) is 0 Å². The first-order valence-corrected chi connectivity index (χ1v) is 6.10. The average molecular weight is 263 g/mol. The van der Waals surface area contributed by atoms with Crippen molar-refractivity contribution in [2.45, 2.75) is 26.3 Å². The van der Waals surface area contributed by atoms with Gasteiger partial charge in [-0.25, -0.2) is 19.7 Å². The predicted molar refractivity (Wildman–Crippen MR) is 70.6 cm³/mol. The Morgan fingerprint density at radius 2 is 2.21 bits per heavy atom. The standard InChI is InChI=1S/C12H17N5O2/c1-7(2)4-8(12(18)19-3)17-11-9-10(14-5-13-9)15-6-16-11/h5-8H,4H2,1-3H3,(H2,13,14,15,16,17). The smallest absolute Gasteiger partial charge is 0.328 e. The van der Waals surface area contributed by atoms with Crippen LogP contribution in [0.4, 0.5) is 5.82 Å². The Hall–Kier alpha value is -2.18. The SMILES string of the molecule is COC(=O)C(CC(C)C)Nc1ncnc2nc[nH]c12. The van der Waals surface area contributed by atoms with Crippen molar-refractivity contribution in [3.8, 4) is 0 Å². The number of H-pyrrole nitrogens is 1. The van der Waals surface area contributed by atoms with Gasteiger partial charge in [-0.05, 0) is 12.3 Å². The van der Waals surface area contributed by atoms with Crippen molar-refractivity contribution in [2.24, 2.45) is 5.92 Å². The molecular weight excluding hydrogens is 246 g/mol. The fourth-order valence-corrected chi connectivity index (χ4v) is 1.87. The second-order valence-electron chi connectivity index (χ2n) is 4.67. The first-order chi connectivity index (χ1) is 9.11. The molecule has 0 aliphatic heterocycles. The highest BCUT2D eigenvalue weighted by Gasteiger charge is 2.22. The fraction of sp³-hybridized carbons (Fsp3) is 0.500. The number of rotatable bonds is 5. The molecular formula is C12H17N5O2. The Balaban J connectivity index is 2.25. The number of hydrogen-bond donors (Lipinski definition) is 2. The molecule has 7 heteroatoms. The van der Waals surface area contributed by atoms with Crippen molar-refractivity contribution in [3.63, 3.8) is 0 Å². The van der Waals surface area contributed by atoms with Gasteiger partial charge in [-0.15, -0.1) is 0 Å². The lowest BCUT2D eigenvalue weighted by Crippen LogP contribution is -2.32. The Bertz CT molecular complexity index is 566. The normalized spacial score (nSPS) is 12.6. The number of carbonyl (C=O) groups excluding carboxylic acids is 1. The summed E-state index contributed by atoms with van der Waals surface area (Å²) in [6, 6.07) is -0.439. The molecule has 0 spiro atoms. The van der Waals surface area contributed by atoms with Gasteiger partial charge in [0.2, 0.25) is 0 Å². The van der Waals surface area contributed by atoms with Crippen LogP contribution in [-0.2, 0) is 9.53 Å². The maximum atomic E-state index is 11.8. The van der Waals surface area contributed by atoms with Gasteiger partial charge >= 0.3 is 5.97 Å². The Morgan fingerprint density at radius 3 is 2.89 bits per heavy atom. The summed E-state index contributed by atoms with van der Waals surface area (Å²) in [5, 5.41) is 3.09. The van der Waals surface area contributed by atoms with E-state index in [2.05, 4.69) is 25.3 Å². The summed E-state index contributed by atoms with van der Waals surface area (Å²) >= 11 is 0. The van der Waals surface area contributed by atoms with Crippen molar-refractivity contribution >= 4 is 23.0 Å². The number of imidazole rings is 1. The molecule has 2 rings (SSSR count).